The van der Waals surface area contributed by atoms with E-state index in [0.717, 1.165) is 24.2 Å². The van der Waals surface area contributed by atoms with Crippen LogP contribution in [0, 0.1) is 0 Å². The number of para-hydroxylation sites is 1. The first-order valence-electron chi connectivity index (χ1n) is 7.61. The lowest BCUT2D eigenvalue weighted by molar-refractivity contribution is -0.120. The topological polar surface area (TPSA) is 48.0 Å². The van der Waals surface area contributed by atoms with Gasteiger partial charge in [-0.25, -0.2) is 0 Å². The highest BCUT2D eigenvalue weighted by Gasteiger charge is 2.25. The fourth-order valence-electron chi connectivity index (χ4n) is 2.58. The second-order valence-electron chi connectivity index (χ2n) is 5.35. The highest BCUT2D eigenvalue weighted by molar-refractivity contribution is 7.84. The number of rotatable bonds is 8. The summed E-state index contributed by atoms with van der Waals surface area (Å²) in [5, 5.41) is 0.385. The monoisotopic (exact) mass is 337 g/mol. The molecule has 0 aromatic heterocycles. The third-order valence-corrected chi connectivity index (χ3v) is 4.09. The van der Waals surface area contributed by atoms with Crippen LogP contribution in [0.3, 0.4) is 0 Å². The van der Waals surface area contributed by atoms with Gasteiger partial charge in [0.15, 0.2) is 0 Å². The van der Waals surface area contributed by atoms with E-state index < -0.39 is 0 Å². The molecule has 0 spiro atoms. The lowest BCUT2D eigenvalue weighted by Crippen LogP contribution is -2.31. The van der Waals surface area contributed by atoms with E-state index in [1.807, 2.05) is 24.3 Å². The van der Waals surface area contributed by atoms with Crippen molar-refractivity contribution < 1.29 is 19.0 Å². The van der Waals surface area contributed by atoms with Crippen LogP contribution < -0.4 is 4.74 Å². The van der Waals surface area contributed by atoms with Crippen molar-refractivity contribution in [2.24, 2.45) is 0 Å². The van der Waals surface area contributed by atoms with Gasteiger partial charge in [-0.05, 0) is 18.9 Å². The van der Waals surface area contributed by atoms with Gasteiger partial charge in [-0.1, -0.05) is 24.8 Å². The normalized spacial score (nSPS) is 16.6. The van der Waals surface area contributed by atoms with Crippen LogP contribution in [-0.4, -0.2) is 44.3 Å². The molecule has 0 saturated carbocycles. The minimum absolute atomic E-state index is 0.0975. The van der Waals surface area contributed by atoms with Gasteiger partial charge in [0.25, 0.3) is 0 Å². The molecule has 1 amide bonds. The number of carbonyl (C=O) groups is 1. The molecule has 1 heterocycles. The van der Waals surface area contributed by atoms with Crippen LogP contribution in [0.25, 0.3) is 0 Å². The number of carbonyl (C=O) groups excluding carboxylic acids is 1. The van der Waals surface area contributed by atoms with Crippen LogP contribution in [0.4, 0.5) is 0 Å². The summed E-state index contributed by atoms with van der Waals surface area (Å²) in [7, 11) is 1.62. The third kappa shape index (κ3) is 4.99. The van der Waals surface area contributed by atoms with Crippen LogP contribution in [-0.2, 0) is 14.3 Å². The van der Waals surface area contributed by atoms with Crippen molar-refractivity contribution >= 4 is 19.0 Å². The largest absolute Gasteiger partial charge is 0.496 e. The van der Waals surface area contributed by atoms with Crippen molar-refractivity contribution in [3.63, 3.8) is 0 Å². The Hall–Kier alpha value is -1.50. The van der Waals surface area contributed by atoms with Gasteiger partial charge in [0.1, 0.15) is 11.9 Å². The smallest absolute Gasteiger partial charge is 0.214 e. The third-order valence-electron chi connectivity index (χ3n) is 3.83. The highest BCUT2D eigenvalue weighted by Crippen LogP contribution is 2.31. The summed E-state index contributed by atoms with van der Waals surface area (Å²) >= 11 is 4.17. The summed E-state index contributed by atoms with van der Waals surface area (Å²) < 4.78 is 17.1. The maximum absolute atomic E-state index is 11.3. The number of thiol groups is 1. The number of benzene rings is 1. The van der Waals surface area contributed by atoms with Crippen LogP contribution in [0.5, 0.6) is 5.75 Å². The SMILES string of the molecule is C=C(S)N(C=O)C[C@H](OC1CCOCC1)c1ccccc1OC. The van der Waals surface area contributed by atoms with Crippen LogP contribution in [0.1, 0.15) is 24.5 Å². The van der Waals surface area contributed by atoms with Crippen molar-refractivity contribution in [2.45, 2.75) is 25.0 Å². The lowest BCUT2D eigenvalue weighted by Gasteiger charge is -2.31. The molecule has 1 aromatic rings. The Kier molecular flexibility index (Phi) is 6.95. The first-order valence-corrected chi connectivity index (χ1v) is 8.06. The van der Waals surface area contributed by atoms with E-state index in [9.17, 15) is 4.79 Å². The zero-order valence-corrected chi connectivity index (χ0v) is 14.2. The lowest BCUT2D eigenvalue weighted by atomic mass is 10.1. The molecule has 1 atom stereocenters. The average molecular weight is 337 g/mol. The number of nitrogens with zero attached hydrogens (tertiary/aromatic N) is 1. The maximum atomic E-state index is 11.3. The molecular formula is C17H23NO4S. The molecule has 0 N–H and O–H groups in total. The molecule has 6 heteroatoms. The molecular weight excluding hydrogens is 314 g/mol. The standard InChI is InChI=1S/C17H23NO4S/c1-13(23)18(12-19)11-17(22-14-7-9-21-10-8-14)15-5-3-4-6-16(15)20-2/h3-6,12,14,17,23H,1,7-11H2,2H3/t17-/m0/s1. The first-order chi connectivity index (χ1) is 11.2. The molecule has 1 aliphatic rings. The molecule has 0 radical (unpaired) electrons. The quantitative estimate of drug-likeness (QED) is 0.585. The van der Waals surface area contributed by atoms with E-state index in [1.54, 1.807) is 7.11 Å². The van der Waals surface area contributed by atoms with Gasteiger partial charge < -0.3 is 19.1 Å². The molecule has 23 heavy (non-hydrogen) atoms. The van der Waals surface area contributed by atoms with E-state index in [-0.39, 0.29) is 12.2 Å². The predicted molar refractivity (Wildman–Crippen MR) is 91.6 cm³/mol. The summed E-state index contributed by atoms with van der Waals surface area (Å²) in [6.07, 6.45) is 2.18. The van der Waals surface area contributed by atoms with Gasteiger partial charge in [0, 0.05) is 18.8 Å². The first kappa shape index (κ1) is 17.8. The molecule has 1 aromatic carbocycles. The van der Waals surface area contributed by atoms with Crippen molar-refractivity contribution in [3.05, 3.63) is 41.4 Å². The minimum Gasteiger partial charge on any atom is -0.496 e. The van der Waals surface area contributed by atoms with E-state index in [1.165, 1.54) is 4.90 Å². The summed E-state index contributed by atoms with van der Waals surface area (Å²) in [6, 6.07) is 7.67. The summed E-state index contributed by atoms with van der Waals surface area (Å²) in [4.78, 5) is 12.7. The van der Waals surface area contributed by atoms with E-state index in [4.69, 9.17) is 14.2 Å². The molecule has 0 unspecified atom stereocenters. The van der Waals surface area contributed by atoms with Crippen molar-refractivity contribution in [2.75, 3.05) is 26.9 Å². The number of amides is 1. The summed E-state index contributed by atoms with van der Waals surface area (Å²) in [5.74, 6) is 0.736. The molecule has 0 bridgehead atoms. The average Bonchev–Trinajstić information content (AvgIpc) is 2.59. The molecule has 1 saturated heterocycles. The van der Waals surface area contributed by atoms with Gasteiger partial charge in [-0.2, -0.15) is 0 Å². The highest BCUT2D eigenvalue weighted by atomic mass is 32.1. The Labute approximate surface area is 142 Å². The maximum Gasteiger partial charge on any atom is 0.214 e. The second kappa shape index (κ2) is 8.96. The Morgan fingerprint density at radius 2 is 2.17 bits per heavy atom. The minimum atomic E-state index is -0.316. The predicted octanol–water partition coefficient (Wildman–Crippen LogP) is 2.79. The van der Waals surface area contributed by atoms with E-state index in [0.29, 0.717) is 31.2 Å². The van der Waals surface area contributed by atoms with E-state index in [2.05, 4.69) is 19.2 Å². The number of hydrogen-bond acceptors (Lipinski definition) is 5. The molecule has 1 aliphatic heterocycles. The molecule has 1 fully saturated rings. The molecule has 5 nitrogen and oxygen atoms in total. The zero-order chi connectivity index (χ0) is 16.7. The summed E-state index contributed by atoms with van der Waals surface area (Å²) in [6.45, 7) is 5.44. The molecule has 126 valence electrons. The van der Waals surface area contributed by atoms with Gasteiger partial charge in [-0.15, -0.1) is 12.6 Å². The van der Waals surface area contributed by atoms with E-state index >= 15 is 0 Å². The fourth-order valence-corrected chi connectivity index (χ4v) is 2.71. The van der Waals surface area contributed by atoms with Crippen LogP contribution in [0.15, 0.2) is 35.9 Å². The Morgan fingerprint density at radius 1 is 1.48 bits per heavy atom. The van der Waals surface area contributed by atoms with Gasteiger partial charge in [0.2, 0.25) is 6.41 Å². The van der Waals surface area contributed by atoms with Gasteiger partial charge in [0.05, 0.1) is 24.8 Å². The van der Waals surface area contributed by atoms with Gasteiger partial charge >= 0.3 is 0 Å². The summed E-state index contributed by atoms with van der Waals surface area (Å²) in [5.41, 5.74) is 0.905. The zero-order valence-electron chi connectivity index (χ0n) is 13.3. The second-order valence-corrected chi connectivity index (χ2v) is 5.87. The Balaban J connectivity index is 2.22. The Bertz CT molecular complexity index is 531. The number of hydrogen-bond donors (Lipinski definition) is 1. The fraction of sp³-hybridized carbons (Fsp3) is 0.471. The van der Waals surface area contributed by atoms with Crippen molar-refractivity contribution in [1.29, 1.82) is 0 Å². The molecule has 0 aliphatic carbocycles. The van der Waals surface area contributed by atoms with Gasteiger partial charge in [-0.3, -0.25) is 4.79 Å². The molecule has 2 rings (SSSR count). The number of methoxy groups -OCH3 is 1. The van der Waals surface area contributed by atoms with Crippen molar-refractivity contribution in [1.82, 2.24) is 4.90 Å². The van der Waals surface area contributed by atoms with Crippen molar-refractivity contribution in [3.8, 4) is 5.75 Å². The van der Waals surface area contributed by atoms with Crippen LogP contribution >= 0.6 is 12.6 Å². The van der Waals surface area contributed by atoms with Crippen LogP contribution in [0.2, 0.25) is 0 Å². The Morgan fingerprint density at radius 3 is 2.78 bits per heavy atom. The number of ether oxygens (including phenoxy) is 3.